The van der Waals surface area contributed by atoms with Crippen LogP contribution in [0.25, 0.3) is 0 Å². The lowest BCUT2D eigenvalue weighted by molar-refractivity contribution is -0.127. The molecule has 4 N–H and O–H groups in total. The van der Waals surface area contributed by atoms with Gasteiger partial charge >= 0.3 is 0 Å². The lowest BCUT2D eigenvalue weighted by atomic mass is 10.1. The Balaban J connectivity index is 1.27. The predicted molar refractivity (Wildman–Crippen MR) is 243 cm³/mol. The van der Waals surface area contributed by atoms with Crippen molar-refractivity contribution in [3.8, 4) is 0 Å². The molecule has 0 aliphatic heterocycles. The number of nitrogens with zero attached hydrogens (tertiary/aromatic N) is 4. The fraction of sp³-hybridized carbons (Fsp3) is 0.143. The van der Waals surface area contributed by atoms with Crippen LogP contribution in [-0.4, -0.2) is 47.3 Å². The number of nitrogens with one attached hydrogen (secondary N) is 4. The van der Waals surface area contributed by atoms with Crippen LogP contribution < -0.4 is 21.3 Å². The van der Waals surface area contributed by atoms with E-state index in [9.17, 15) is 28.8 Å². The number of rotatable bonds is 14. The zero-order valence-corrected chi connectivity index (χ0v) is 37.3. The molecule has 5 aromatic rings. The maximum atomic E-state index is 13.4. The Hall–Kier alpha value is -5.74. The second-order valence-electron chi connectivity index (χ2n) is 13.5. The van der Waals surface area contributed by atoms with Gasteiger partial charge in [0.1, 0.15) is 11.4 Å². The van der Waals surface area contributed by atoms with Crippen LogP contribution in [0, 0.1) is 13.8 Å². The van der Waals surface area contributed by atoms with Crippen molar-refractivity contribution in [2.75, 3.05) is 21.3 Å². The quantitative estimate of drug-likeness (QED) is 0.0630. The van der Waals surface area contributed by atoms with Gasteiger partial charge in [0.05, 0.1) is 10.0 Å². The molecule has 5 rings (SSSR count). The number of anilines is 4. The average molecular weight is 957 g/mol. The van der Waals surface area contributed by atoms with Crippen molar-refractivity contribution in [1.29, 1.82) is 0 Å². The van der Waals surface area contributed by atoms with Gasteiger partial charge < -0.3 is 21.3 Å². The van der Waals surface area contributed by atoms with E-state index in [0.29, 0.717) is 42.6 Å². The molecule has 0 spiro atoms. The second kappa shape index (κ2) is 20.9. The minimum Gasteiger partial charge on any atom is -0.324 e. The molecule has 0 aromatic heterocycles. The summed E-state index contributed by atoms with van der Waals surface area (Å²) in [5.74, 6) is -4.02. The van der Waals surface area contributed by atoms with Gasteiger partial charge in [0, 0.05) is 54.0 Å². The van der Waals surface area contributed by atoms with Gasteiger partial charge in [-0.2, -0.15) is 20.5 Å². The van der Waals surface area contributed by atoms with Gasteiger partial charge in [0.15, 0.2) is 11.6 Å². The van der Waals surface area contributed by atoms with Crippen molar-refractivity contribution in [2.24, 2.45) is 20.5 Å². The fourth-order valence-electron chi connectivity index (χ4n) is 5.48. The predicted octanol–water partition coefficient (Wildman–Crippen LogP) is 12.1. The van der Waals surface area contributed by atoms with Crippen molar-refractivity contribution in [1.82, 2.24) is 0 Å². The molecule has 0 aliphatic carbocycles. The van der Waals surface area contributed by atoms with Crippen molar-refractivity contribution in [3.63, 3.8) is 0 Å². The summed E-state index contributed by atoms with van der Waals surface area (Å²) in [7, 11) is 0. The number of carbonyl (C=O) groups excluding carboxylic acids is 6. The molecular formula is C42H32Cl6N8O6. The van der Waals surface area contributed by atoms with Gasteiger partial charge in [-0.15, -0.1) is 0 Å². The summed E-state index contributed by atoms with van der Waals surface area (Å²) in [6.07, 6.45) is 0. The van der Waals surface area contributed by atoms with Crippen LogP contribution in [0.5, 0.6) is 0 Å². The Morgan fingerprint density at radius 1 is 0.468 bits per heavy atom. The highest BCUT2D eigenvalue weighted by Gasteiger charge is 2.26. The molecule has 5 aromatic carbocycles. The third-order valence-electron chi connectivity index (χ3n) is 8.57. The van der Waals surface area contributed by atoms with E-state index in [2.05, 4.69) is 41.7 Å². The molecule has 0 aliphatic rings. The first-order valence-electron chi connectivity index (χ1n) is 18.0. The van der Waals surface area contributed by atoms with E-state index < -0.39 is 47.3 Å². The van der Waals surface area contributed by atoms with E-state index in [1.807, 2.05) is 0 Å². The number of aryl methyl sites for hydroxylation is 2. The topological polar surface area (TPSA) is 200 Å². The minimum absolute atomic E-state index is 0.0121. The smallest absolute Gasteiger partial charge is 0.258 e. The van der Waals surface area contributed by atoms with E-state index in [1.54, 1.807) is 26.0 Å². The maximum Gasteiger partial charge on any atom is 0.258 e. The largest absolute Gasteiger partial charge is 0.324 e. The summed E-state index contributed by atoms with van der Waals surface area (Å²) in [4.78, 5) is 77.9. The Morgan fingerprint density at radius 3 is 1.13 bits per heavy atom. The van der Waals surface area contributed by atoms with Crippen LogP contribution in [0.15, 0.2) is 105 Å². The number of carbonyl (C=O) groups is 6. The maximum absolute atomic E-state index is 13.4. The molecule has 4 amide bonds. The third-order valence-corrected chi connectivity index (χ3v) is 10.1. The van der Waals surface area contributed by atoms with E-state index in [-0.39, 0.29) is 43.9 Å². The number of Topliss-reactive ketones (excluding diaryl/α,β-unsaturated/α-hetero) is 2. The molecule has 318 valence electrons. The van der Waals surface area contributed by atoms with E-state index in [4.69, 9.17) is 69.6 Å². The summed E-state index contributed by atoms with van der Waals surface area (Å²) in [5, 5.41) is 28.1. The van der Waals surface area contributed by atoms with Crippen LogP contribution in [0.2, 0.25) is 30.1 Å². The first-order valence-corrected chi connectivity index (χ1v) is 20.2. The molecule has 0 bridgehead atoms. The van der Waals surface area contributed by atoms with Crippen molar-refractivity contribution in [3.05, 3.63) is 137 Å². The molecule has 2 atom stereocenters. The second-order valence-corrected chi connectivity index (χ2v) is 16.0. The summed E-state index contributed by atoms with van der Waals surface area (Å²) >= 11 is 36.7. The molecular weight excluding hydrogens is 925 g/mol. The summed E-state index contributed by atoms with van der Waals surface area (Å²) in [6.45, 7) is 5.59. The summed E-state index contributed by atoms with van der Waals surface area (Å²) < 4.78 is 0. The molecule has 0 heterocycles. The normalized spacial score (nSPS) is 12.2. The van der Waals surface area contributed by atoms with Crippen LogP contribution in [0.1, 0.15) is 45.7 Å². The number of halogens is 6. The number of azo groups is 2. The minimum atomic E-state index is -1.61. The Labute approximate surface area is 384 Å². The lowest BCUT2D eigenvalue weighted by Crippen LogP contribution is -2.32. The fourth-order valence-corrected chi connectivity index (χ4v) is 6.85. The SMILES string of the molecule is CC(=O)C(N=Nc1cc(C(=O)Nc2cc(Cl)cc(Cl)c2)ccc1Cl)C(=O)Nc1cc(C)c(NC(=O)C(N=Nc2cc(C(=O)Nc3cc(Cl)cc(Cl)c3)ccc2Cl)C(C)=O)cc1C. The zero-order valence-electron chi connectivity index (χ0n) is 32.7. The Kier molecular flexibility index (Phi) is 15.9. The van der Waals surface area contributed by atoms with E-state index in [0.717, 1.165) is 13.8 Å². The van der Waals surface area contributed by atoms with Crippen LogP contribution in [0.3, 0.4) is 0 Å². The van der Waals surface area contributed by atoms with Crippen molar-refractivity contribution >= 4 is 139 Å². The first-order chi connectivity index (χ1) is 29.3. The monoisotopic (exact) mass is 954 g/mol. The standard InChI is InChI=1S/C42H32Cl6N8O6/c1-19-9-34(52-42(62)38(22(4)58)56-54-36-12-24(6-8-32(36)48)40(60)50-30-17-27(45)14-28(46)18-30)20(2)10-33(19)51-41(61)37(21(3)57)55-53-35-11-23(5-7-31(35)47)39(59)49-29-15-25(43)13-26(44)16-29/h5-18,37-38H,1-4H3,(H,49,59)(H,50,60)(H,51,61)(H,52,62). The number of hydrogen-bond acceptors (Lipinski definition) is 10. The Morgan fingerprint density at radius 2 is 0.806 bits per heavy atom. The highest BCUT2D eigenvalue weighted by molar-refractivity contribution is 6.36. The molecule has 0 radical (unpaired) electrons. The van der Waals surface area contributed by atoms with Crippen LogP contribution >= 0.6 is 69.6 Å². The molecule has 14 nitrogen and oxygen atoms in total. The van der Waals surface area contributed by atoms with E-state index in [1.165, 1.54) is 72.8 Å². The van der Waals surface area contributed by atoms with Gasteiger partial charge in [-0.25, -0.2) is 0 Å². The highest BCUT2D eigenvalue weighted by atomic mass is 35.5. The number of hydrogen-bond donors (Lipinski definition) is 4. The number of benzene rings is 5. The molecule has 2 unspecified atom stereocenters. The summed E-state index contributed by atoms with van der Waals surface area (Å²) in [5.41, 5.74) is 2.48. The molecule has 0 saturated carbocycles. The van der Waals surface area contributed by atoms with Gasteiger partial charge in [-0.3, -0.25) is 28.8 Å². The molecule has 0 fully saturated rings. The van der Waals surface area contributed by atoms with Crippen molar-refractivity contribution < 1.29 is 28.8 Å². The summed E-state index contributed by atoms with van der Waals surface area (Å²) in [6, 6.07) is 17.3. The van der Waals surface area contributed by atoms with Gasteiger partial charge in [-0.05, 0) is 124 Å². The Bertz CT molecular complexity index is 2490. The number of amides is 4. The van der Waals surface area contributed by atoms with Crippen LogP contribution in [-0.2, 0) is 19.2 Å². The van der Waals surface area contributed by atoms with E-state index >= 15 is 0 Å². The average Bonchev–Trinajstić information content (AvgIpc) is 3.17. The van der Waals surface area contributed by atoms with Gasteiger partial charge in [0.2, 0.25) is 12.1 Å². The highest BCUT2D eigenvalue weighted by Crippen LogP contribution is 2.31. The van der Waals surface area contributed by atoms with Gasteiger partial charge in [0.25, 0.3) is 23.6 Å². The lowest BCUT2D eigenvalue weighted by Gasteiger charge is -2.16. The third kappa shape index (κ3) is 12.7. The first kappa shape index (κ1) is 47.3. The number of ketones is 2. The molecule has 62 heavy (non-hydrogen) atoms. The van der Waals surface area contributed by atoms with Gasteiger partial charge in [-0.1, -0.05) is 69.6 Å². The molecule has 0 saturated heterocycles. The van der Waals surface area contributed by atoms with Crippen molar-refractivity contribution in [2.45, 2.75) is 39.8 Å². The zero-order chi connectivity index (χ0) is 45.4. The van der Waals surface area contributed by atoms with Crippen LogP contribution in [0.4, 0.5) is 34.1 Å². The molecule has 20 heteroatoms.